The highest BCUT2D eigenvalue weighted by Crippen LogP contribution is 2.39. The summed E-state index contributed by atoms with van der Waals surface area (Å²) in [6, 6.07) is 18.3. The number of hydrogen-bond acceptors (Lipinski definition) is 5. The first kappa shape index (κ1) is 22.7. The molecule has 0 atom stereocenters. The molecule has 0 fully saturated rings. The Labute approximate surface area is 208 Å². The van der Waals surface area contributed by atoms with Crippen LogP contribution in [0.4, 0.5) is 11.4 Å². The minimum absolute atomic E-state index is 0.0876. The summed E-state index contributed by atoms with van der Waals surface area (Å²) >= 11 is 3.49. The molecule has 9 heteroatoms. The van der Waals surface area contributed by atoms with Gasteiger partial charge in [0.25, 0.3) is 17.2 Å². The lowest BCUT2D eigenvalue weighted by molar-refractivity contribution is -0.384. The van der Waals surface area contributed by atoms with Crippen LogP contribution < -0.4 is 10.5 Å². The van der Waals surface area contributed by atoms with Gasteiger partial charge in [-0.15, -0.1) is 0 Å². The number of nitrogens with zero attached hydrogens (tertiary/aromatic N) is 4. The maximum absolute atomic E-state index is 13.5. The fourth-order valence-electron chi connectivity index (χ4n) is 4.26. The van der Waals surface area contributed by atoms with E-state index in [1.165, 1.54) is 28.8 Å². The third kappa shape index (κ3) is 3.93. The number of fused-ring (bicyclic) bond motifs is 2. The molecule has 0 bridgehead atoms. The largest absolute Gasteiger partial charge is 0.308 e. The first-order chi connectivity index (χ1) is 16.9. The lowest BCUT2D eigenvalue weighted by Gasteiger charge is -2.15. The molecule has 1 aliphatic rings. The Hall–Kier alpha value is -4.11. The molecule has 1 aliphatic heterocycles. The van der Waals surface area contributed by atoms with Crippen LogP contribution in [0.2, 0.25) is 0 Å². The monoisotopic (exact) mass is 530 g/mol. The standard InChI is InChI=1S/C26H19BrN4O4/c1-2-13-29-23-12-7-16(27)14-20(23)21(25(29)32)15-24-28-22-6-4-3-5-19(22)26(33)30(24)17-8-10-18(11-9-17)31(34)35/h3-12,14-15H,2,13H2,1H3/b21-15-. The summed E-state index contributed by atoms with van der Waals surface area (Å²) < 4.78 is 2.21. The molecule has 174 valence electrons. The van der Waals surface area contributed by atoms with Crippen molar-refractivity contribution in [1.29, 1.82) is 0 Å². The second-order valence-corrected chi connectivity index (χ2v) is 8.99. The molecule has 0 aliphatic carbocycles. The Morgan fingerprint density at radius 1 is 1.06 bits per heavy atom. The molecule has 2 heterocycles. The summed E-state index contributed by atoms with van der Waals surface area (Å²) in [5.74, 6) is 0.0905. The maximum atomic E-state index is 13.5. The average Bonchev–Trinajstić information content (AvgIpc) is 3.10. The molecule has 3 aromatic carbocycles. The quantitative estimate of drug-likeness (QED) is 0.196. The molecule has 1 aromatic heterocycles. The Bertz CT molecular complexity index is 1590. The molecular weight excluding hydrogens is 512 g/mol. The van der Waals surface area contributed by atoms with Crippen molar-refractivity contribution in [3.63, 3.8) is 0 Å². The van der Waals surface area contributed by atoms with Crippen LogP contribution >= 0.6 is 15.9 Å². The Morgan fingerprint density at radius 2 is 1.80 bits per heavy atom. The zero-order valence-corrected chi connectivity index (χ0v) is 20.2. The van der Waals surface area contributed by atoms with Gasteiger partial charge in [0, 0.05) is 28.7 Å². The molecule has 0 spiro atoms. The number of nitro groups is 1. The highest BCUT2D eigenvalue weighted by molar-refractivity contribution is 9.10. The Morgan fingerprint density at radius 3 is 2.51 bits per heavy atom. The van der Waals surface area contributed by atoms with Crippen molar-refractivity contribution < 1.29 is 9.72 Å². The predicted octanol–water partition coefficient (Wildman–Crippen LogP) is 5.35. The topological polar surface area (TPSA) is 98.3 Å². The van der Waals surface area contributed by atoms with Gasteiger partial charge in [-0.3, -0.25) is 24.3 Å². The van der Waals surface area contributed by atoms with Gasteiger partial charge in [0.2, 0.25) is 0 Å². The molecule has 1 amide bonds. The molecule has 0 unspecified atom stereocenters. The third-order valence-corrected chi connectivity index (χ3v) is 6.35. The second-order valence-electron chi connectivity index (χ2n) is 8.08. The van der Waals surface area contributed by atoms with E-state index in [-0.39, 0.29) is 23.0 Å². The summed E-state index contributed by atoms with van der Waals surface area (Å²) in [4.78, 5) is 44.0. The zero-order chi connectivity index (χ0) is 24.7. The van der Waals surface area contributed by atoms with Gasteiger partial charge in [0.05, 0.1) is 32.8 Å². The predicted molar refractivity (Wildman–Crippen MR) is 139 cm³/mol. The van der Waals surface area contributed by atoms with Gasteiger partial charge in [0.15, 0.2) is 0 Å². The number of rotatable bonds is 5. The molecule has 5 rings (SSSR count). The third-order valence-electron chi connectivity index (χ3n) is 5.86. The lowest BCUT2D eigenvalue weighted by atomic mass is 10.1. The Kier molecular flexibility index (Phi) is 5.78. The van der Waals surface area contributed by atoms with Crippen molar-refractivity contribution in [2.45, 2.75) is 13.3 Å². The highest BCUT2D eigenvalue weighted by atomic mass is 79.9. The summed E-state index contributed by atoms with van der Waals surface area (Å²) in [6.07, 6.45) is 2.41. The molecule has 8 nitrogen and oxygen atoms in total. The number of nitro benzene ring substituents is 1. The number of benzene rings is 3. The molecule has 0 radical (unpaired) electrons. The van der Waals surface area contributed by atoms with E-state index in [0.29, 0.717) is 28.7 Å². The van der Waals surface area contributed by atoms with E-state index >= 15 is 0 Å². The number of carbonyl (C=O) groups is 1. The van der Waals surface area contributed by atoms with Crippen molar-refractivity contribution in [3.8, 4) is 5.69 Å². The number of amides is 1. The number of aromatic nitrogens is 2. The number of non-ortho nitro benzene ring substituents is 1. The number of anilines is 1. The summed E-state index contributed by atoms with van der Waals surface area (Å²) in [6.45, 7) is 2.57. The van der Waals surface area contributed by atoms with Crippen LogP contribution in [0.1, 0.15) is 24.7 Å². The smallest absolute Gasteiger partial charge is 0.269 e. The molecular formula is C26H19BrN4O4. The number of halogens is 1. The number of carbonyl (C=O) groups excluding carboxylic acids is 1. The number of hydrogen-bond donors (Lipinski definition) is 0. The van der Waals surface area contributed by atoms with Crippen LogP contribution in [0, 0.1) is 10.1 Å². The SMILES string of the molecule is CCCN1C(=O)/C(=C\c2nc3ccccc3c(=O)n2-c2ccc([N+](=O)[O-])cc2)c2cc(Br)ccc21. The lowest BCUT2D eigenvalue weighted by Crippen LogP contribution is -2.27. The number of para-hydroxylation sites is 1. The van der Waals surface area contributed by atoms with Gasteiger partial charge < -0.3 is 4.90 Å². The van der Waals surface area contributed by atoms with Crippen LogP contribution in [0.5, 0.6) is 0 Å². The average molecular weight is 531 g/mol. The second kappa shape index (κ2) is 8.92. The van der Waals surface area contributed by atoms with Crippen LogP contribution in [0.15, 0.2) is 76.0 Å². The zero-order valence-electron chi connectivity index (χ0n) is 18.6. The molecule has 0 saturated carbocycles. The van der Waals surface area contributed by atoms with E-state index in [4.69, 9.17) is 4.98 Å². The fraction of sp³-hybridized carbons (Fsp3) is 0.115. The summed E-state index contributed by atoms with van der Waals surface area (Å²) in [7, 11) is 0. The first-order valence-electron chi connectivity index (χ1n) is 11.0. The van der Waals surface area contributed by atoms with E-state index in [1.807, 2.05) is 25.1 Å². The molecule has 4 aromatic rings. The minimum Gasteiger partial charge on any atom is -0.308 e. The van der Waals surface area contributed by atoms with E-state index in [2.05, 4.69) is 15.9 Å². The maximum Gasteiger partial charge on any atom is 0.269 e. The summed E-state index contributed by atoms with van der Waals surface area (Å²) in [5, 5.41) is 11.5. The van der Waals surface area contributed by atoms with Gasteiger partial charge in [0.1, 0.15) is 5.82 Å². The van der Waals surface area contributed by atoms with Crippen LogP contribution in [0.3, 0.4) is 0 Å². The van der Waals surface area contributed by atoms with E-state index in [0.717, 1.165) is 22.1 Å². The van der Waals surface area contributed by atoms with Gasteiger partial charge in [-0.05, 0) is 55.0 Å². The van der Waals surface area contributed by atoms with Gasteiger partial charge >= 0.3 is 0 Å². The minimum atomic E-state index is -0.498. The van der Waals surface area contributed by atoms with Crippen molar-refractivity contribution in [2.24, 2.45) is 0 Å². The Balaban J connectivity index is 1.77. The first-order valence-corrected chi connectivity index (χ1v) is 11.8. The van der Waals surface area contributed by atoms with Crippen molar-refractivity contribution in [2.75, 3.05) is 11.4 Å². The highest BCUT2D eigenvalue weighted by Gasteiger charge is 2.32. The molecule has 0 saturated heterocycles. The summed E-state index contributed by atoms with van der Waals surface area (Å²) in [5.41, 5.74) is 2.46. The molecule has 35 heavy (non-hydrogen) atoms. The van der Waals surface area contributed by atoms with Crippen LogP contribution in [-0.2, 0) is 4.79 Å². The van der Waals surface area contributed by atoms with Crippen molar-refractivity contribution in [3.05, 3.63) is 103 Å². The van der Waals surface area contributed by atoms with Crippen LogP contribution in [0.25, 0.3) is 28.2 Å². The van der Waals surface area contributed by atoms with E-state index in [9.17, 15) is 19.7 Å². The van der Waals surface area contributed by atoms with Crippen LogP contribution in [-0.4, -0.2) is 26.9 Å². The van der Waals surface area contributed by atoms with E-state index < -0.39 is 4.92 Å². The fourth-order valence-corrected chi connectivity index (χ4v) is 4.62. The van der Waals surface area contributed by atoms with Gasteiger partial charge in [-0.1, -0.05) is 35.0 Å². The molecule has 0 N–H and O–H groups in total. The van der Waals surface area contributed by atoms with Gasteiger partial charge in [-0.25, -0.2) is 4.98 Å². The van der Waals surface area contributed by atoms with Crippen molar-refractivity contribution >= 4 is 55.8 Å². The van der Waals surface area contributed by atoms with Gasteiger partial charge in [-0.2, -0.15) is 0 Å². The normalized spacial score (nSPS) is 14.1. The van der Waals surface area contributed by atoms with E-state index in [1.54, 1.807) is 35.2 Å². The van der Waals surface area contributed by atoms with Crippen molar-refractivity contribution in [1.82, 2.24) is 9.55 Å².